The van der Waals surface area contributed by atoms with Crippen molar-refractivity contribution >= 4 is 24.0 Å². The minimum Gasteiger partial charge on any atom is -0.381 e. The van der Waals surface area contributed by atoms with Crippen LogP contribution in [0.5, 0.6) is 0 Å². The van der Waals surface area contributed by atoms with E-state index < -0.39 is 5.54 Å². The van der Waals surface area contributed by atoms with Gasteiger partial charge in [0.15, 0.2) is 0 Å². The maximum atomic E-state index is 12.6. The third kappa shape index (κ3) is 3.51. The summed E-state index contributed by atoms with van der Waals surface area (Å²) in [6.45, 7) is 5.18. The number of amides is 1. The van der Waals surface area contributed by atoms with Crippen molar-refractivity contribution in [1.82, 2.24) is 0 Å². The molecular formula is C15H23ClN2O2. The molecule has 1 aliphatic heterocycles. The van der Waals surface area contributed by atoms with Gasteiger partial charge in [-0.25, -0.2) is 0 Å². The lowest BCUT2D eigenvalue weighted by Crippen LogP contribution is -2.57. The summed E-state index contributed by atoms with van der Waals surface area (Å²) in [7, 11) is 1.79. The van der Waals surface area contributed by atoms with E-state index >= 15 is 0 Å². The molecule has 1 heterocycles. The number of likely N-dealkylation sites (N-methyl/N-ethyl adjacent to an activating group) is 1. The van der Waals surface area contributed by atoms with Crippen LogP contribution in [0, 0.1) is 13.8 Å². The Morgan fingerprint density at radius 1 is 1.20 bits per heavy atom. The van der Waals surface area contributed by atoms with Crippen molar-refractivity contribution in [3.8, 4) is 0 Å². The number of carbonyl (C=O) groups excluding carboxylic acids is 1. The van der Waals surface area contributed by atoms with E-state index in [1.165, 1.54) is 0 Å². The summed E-state index contributed by atoms with van der Waals surface area (Å²) in [5.41, 5.74) is 8.65. The molecule has 0 atom stereocenters. The number of benzene rings is 1. The predicted octanol–water partition coefficient (Wildman–Crippen LogP) is 2.20. The number of ether oxygens (including phenoxy) is 1. The number of carbonyl (C=O) groups is 1. The van der Waals surface area contributed by atoms with Crippen LogP contribution in [-0.4, -0.2) is 31.7 Å². The zero-order valence-electron chi connectivity index (χ0n) is 12.3. The summed E-state index contributed by atoms with van der Waals surface area (Å²) >= 11 is 0. The molecule has 0 aromatic heterocycles. The average Bonchev–Trinajstić information content (AvgIpc) is 2.36. The summed E-state index contributed by atoms with van der Waals surface area (Å²) in [6, 6.07) is 6.11. The Labute approximate surface area is 126 Å². The van der Waals surface area contributed by atoms with Gasteiger partial charge in [-0.3, -0.25) is 4.79 Å². The van der Waals surface area contributed by atoms with Gasteiger partial charge in [0, 0.05) is 25.9 Å². The summed E-state index contributed by atoms with van der Waals surface area (Å²) in [6.07, 6.45) is 1.17. The first-order valence-electron chi connectivity index (χ1n) is 6.65. The minimum absolute atomic E-state index is 0. The van der Waals surface area contributed by atoms with Gasteiger partial charge in [0.1, 0.15) is 5.54 Å². The highest BCUT2D eigenvalue weighted by molar-refractivity contribution is 5.99. The molecule has 0 spiro atoms. The fourth-order valence-electron chi connectivity index (χ4n) is 2.55. The van der Waals surface area contributed by atoms with Gasteiger partial charge in [0.2, 0.25) is 5.91 Å². The molecule has 1 saturated heterocycles. The second kappa shape index (κ2) is 6.57. The van der Waals surface area contributed by atoms with Gasteiger partial charge in [-0.05, 0) is 49.9 Å². The molecule has 20 heavy (non-hydrogen) atoms. The predicted molar refractivity (Wildman–Crippen MR) is 83.5 cm³/mol. The number of rotatable bonds is 2. The van der Waals surface area contributed by atoms with Crippen molar-refractivity contribution in [2.75, 3.05) is 25.2 Å². The highest BCUT2D eigenvalue weighted by atomic mass is 35.5. The number of anilines is 1. The molecule has 5 heteroatoms. The average molecular weight is 299 g/mol. The van der Waals surface area contributed by atoms with E-state index in [1.807, 2.05) is 26.0 Å². The van der Waals surface area contributed by atoms with E-state index in [0.717, 1.165) is 16.8 Å². The van der Waals surface area contributed by atoms with Gasteiger partial charge < -0.3 is 15.4 Å². The van der Waals surface area contributed by atoms with Gasteiger partial charge in [-0.15, -0.1) is 12.4 Å². The molecule has 2 N–H and O–H groups in total. The summed E-state index contributed by atoms with van der Waals surface area (Å²) in [5, 5.41) is 0. The molecule has 1 aromatic rings. The molecule has 2 rings (SSSR count). The highest BCUT2D eigenvalue weighted by Crippen LogP contribution is 2.24. The Bertz CT molecular complexity index is 465. The number of nitrogens with two attached hydrogens (primary N) is 1. The lowest BCUT2D eigenvalue weighted by Gasteiger charge is -2.35. The largest absolute Gasteiger partial charge is 0.381 e. The summed E-state index contributed by atoms with van der Waals surface area (Å²) in [5.74, 6) is -0.0270. The molecule has 1 amide bonds. The SMILES string of the molecule is Cc1cc(C)cc(N(C)C(=O)C2(N)CCOCC2)c1.Cl. The van der Waals surface area contributed by atoms with Crippen molar-refractivity contribution in [1.29, 1.82) is 0 Å². The van der Waals surface area contributed by atoms with Crippen molar-refractivity contribution in [2.24, 2.45) is 5.73 Å². The Morgan fingerprint density at radius 3 is 2.20 bits per heavy atom. The number of aryl methyl sites for hydroxylation is 2. The van der Waals surface area contributed by atoms with Crippen LogP contribution in [0.15, 0.2) is 18.2 Å². The Morgan fingerprint density at radius 2 is 1.70 bits per heavy atom. The minimum atomic E-state index is -0.787. The molecule has 0 radical (unpaired) electrons. The van der Waals surface area contributed by atoms with Crippen LogP contribution < -0.4 is 10.6 Å². The molecule has 0 bridgehead atoms. The quantitative estimate of drug-likeness (QED) is 0.910. The van der Waals surface area contributed by atoms with Crippen LogP contribution in [-0.2, 0) is 9.53 Å². The normalized spacial score (nSPS) is 17.2. The third-order valence-corrected chi connectivity index (χ3v) is 3.71. The van der Waals surface area contributed by atoms with Crippen LogP contribution in [0.25, 0.3) is 0 Å². The molecule has 4 nitrogen and oxygen atoms in total. The van der Waals surface area contributed by atoms with E-state index in [-0.39, 0.29) is 18.3 Å². The third-order valence-electron chi connectivity index (χ3n) is 3.71. The maximum absolute atomic E-state index is 12.6. The van der Waals surface area contributed by atoms with Gasteiger partial charge >= 0.3 is 0 Å². The van der Waals surface area contributed by atoms with Gasteiger partial charge in [0.25, 0.3) is 0 Å². The van der Waals surface area contributed by atoms with E-state index in [9.17, 15) is 4.79 Å². The lowest BCUT2D eigenvalue weighted by atomic mass is 9.89. The zero-order chi connectivity index (χ0) is 14.0. The number of halogens is 1. The van der Waals surface area contributed by atoms with Crippen LogP contribution in [0.1, 0.15) is 24.0 Å². The lowest BCUT2D eigenvalue weighted by molar-refractivity contribution is -0.126. The van der Waals surface area contributed by atoms with Crippen LogP contribution in [0.2, 0.25) is 0 Å². The Kier molecular flexibility index (Phi) is 5.57. The van der Waals surface area contributed by atoms with Gasteiger partial charge in [-0.1, -0.05) is 6.07 Å². The van der Waals surface area contributed by atoms with E-state index in [2.05, 4.69) is 6.07 Å². The standard InChI is InChI=1S/C15H22N2O2.ClH/c1-11-8-12(2)10-13(9-11)17(3)14(18)15(16)4-6-19-7-5-15;/h8-10H,4-7,16H2,1-3H3;1H. The molecular weight excluding hydrogens is 276 g/mol. The van der Waals surface area contributed by atoms with E-state index in [0.29, 0.717) is 26.1 Å². The van der Waals surface area contributed by atoms with E-state index in [1.54, 1.807) is 11.9 Å². The van der Waals surface area contributed by atoms with Crippen molar-refractivity contribution in [2.45, 2.75) is 32.2 Å². The van der Waals surface area contributed by atoms with Crippen molar-refractivity contribution in [3.05, 3.63) is 29.3 Å². The fourth-order valence-corrected chi connectivity index (χ4v) is 2.55. The van der Waals surface area contributed by atoms with Gasteiger partial charge in [0.05, 0.1) is 0 Å². The summed E-state index contributed by atoms with van der Waals surface area (Å²) < 4.78 is 5.29. The second-order valence-electron chi connectivity index (χ2n) is 5.48. The fraction of sp³-hybridized carbons (Fsp3) is 0.533. The zero-order valence-corrected chi connectivity index (χ0v) is 13.1. The number of hydrogen-bond donors (Lipinski definition) is 1. The molecule has 0 saturated carbocycles. The summed E-state index contributed by atoms with van der Waals surface area (Å²) in [4.78, 5) is 14.3. The first kappa shape index (κ1) is 17.0. The first-order chi connectivity index (χ1) is 8.92. The van der Waals surface area contributed by atoms with Gasteiger partial charge in [-0.2, -0.15) is 0 Å². The number of nitrogens with zero attached hydrogens (tertiary/aromatic N) is 1. The van der Waals surface area contributed by atoms with Crippen LogP contribution >= 0.6 is 12.4 Å². The van der Waals surface area contributed by atoms with Crippen molar-refractivity contribution < 1.29 is 9.53 Å². The maximum Gasteiger partial charge on any atom is 0.246 e. The molecule has 112 valence electrons. The highest BCUT2D eigenvalue weighted by Gasteiger charge is 2.38. The Balaban J connectivity index is 0.00000200. The molecule has 0 unspecified atom stereocenters. The molecule has 0 aliphatic carbocycles. The molecule has 1 aliphatic rings. The number of hydrogen-bond acceptors (Lipinski definition) is 3. The first-order valence-corrected chi connectivity index (χ1v) is 6.65. The van der Waals surface area contributed by atoms with Crippen molar-refractivity contribution in [3.63, 3.8) is 0 Å². The van der Waals surface area contributed by atoms with Crippen LogP contribution in [0.3, 0.4) is 0 Å². The van der Waals surface area contributed by atoms with Crippen LogP contribution in [0.4, 0.5) is 5.69 Å². The monoisotopic (exact) mass is 298 g/mol. The smallest absolute Gasteiger partial charge is 0.246 e. The second-order valence-corrected chi connectivity index (χ2v) is 5.48. The Hall–Kier alpha value is -1.10. The van der Waals surface area contributed by atoms with E-state index in [4.69, 9.17) is 10.5 Å². The topological polar surface area (TPSA) is 55.6 Å². The molecule has 1 aromatic carbocycles. The molecule has 1 fully saturated rings.